The minimum absolute atomic E-state index is 0.0462. The van der Waals surface area contributed by atoms with Crippen LogP contribution in [-0.2, 0) is 22.6 Å². The number of pyridine rings is 1. The van der Waals surface area contributed by atoms with Gasteiger partial charge in [-0.3, -0.25) is 14.6 Å². The average Bonchev–Trinajstić information content (AvgIpc) is 2.62. The molecule has 0 saturated heterocycles. The quantitative estimate of drug-likeness (QED) is 0.795. The summed E-state index contributed by atoms with van der Waals surface area (Å²) < 4.78 is 5.09. The summed E-state index contributed by atoms with van der Waals surface area (Å²) in [5.74, 6) is 0.636. The number of rotatable bonds is 8. The monoisotopic (exact) mass is 341 g/mol. The molecule has 0 aliphatic carbocycles. The lowest BCUT2D eigenvalue weighted by atomic mass is 10.1. The fourth-order valence-corrected chi connectivity index (χ4v) is 2.36. The predicted molar refractivity (Wildman–Crippen MR) is 95.0 cm³/mol. The van der Waals surface area contributed by atoms with Crippen molar-refractivity contribution in [2.45, 2.75) is 19.9 Å². The molecule has 1 N–H and O–H groups in total. The van der Waals surface area contributed by atoms with E-state index < -0.39 is 0 Å². The Morgan fingerprint density at radius 3 is 2.52 bits per heavy atom. The molecule has 0 spiro atoms. The summed E-state index contributed by atoms with van der Waals surface area (Å²) in [6, 6.07) is 13.0. The van der Waals surface area contributed by atoms with Crippen LogP contribution in [0, 0.1) is 0 Å². The second-order valence-electron chi connectivity index (χ2n) is 5.64. The van der Waals surface area contributed by atoms with Crippen LogP contribution in [0.25, 0.3) is 0 Å². The van der Waals surface area contributed by atoms with Gasteiger partial charge in [-0.15, -0.1) is 0 Å². The van der Waals surface area contributed by atoms with Crippen LogP contribution in [0.15, 0.2) is 48.7 Å². The highest BCUT2D eigenvalue weighted by Crippen LogP contribution is 2.11. The molecular weight excluding hydrogens is 318 g/mol. The molecule has 2 aromatic rings. The van der Waals surface area contributed by atoms with Crippen molar-refractivity contribution < 1.29 is 14.3 Å². The van der Waals surface area contributed by atoms with Crippen LogP contribution in [0.4, 0.5) is 0 Å². The minimum Gasteiger partial charge on any atom is -0.497 e. The fraction of sp³-hybridized carbons (Fsp3) is 0.316. The minimum atomic E-state index is -0.0773. The van der Waals surface area contributed by atoms with Gasteiger partial charge in [-0.05, 0) is 29.8 Å². The Balaban J connectivity index is 1.78. The molecule has 0 saturated carbocycles. The zero-order valence-electron chi connectivity index (χ0n) is 14.6. The van der Waals surface area contributed by atoms with Crippen molar-refractivity contribution in [3.05, 3.63) is 59.9 Å². The van der Waals surface area contributed by atoms with Gasteiger partial charge >= 0.3 is 0 Å². The van der Waals surface area contributed by atoms with Gasteiger partial charge in [0.1, 0.15) is 5.75 Å². The molecule has 1 heterocycles. The van der Waals surface area contributed by atoms with E-state index in [1.165, 1.54) is 6.92 Å². The van der Waals surface area contributed by atoms with E-state index in [-0.39, 0.29) is 11.8 Å². The first kappa shape index (κ1) is 18.4. The zero-order valence-corrected chi connectivity index (χ0v) is 14.6. The number of hydrogen-bond acceptors (Lipinski definition) is 4. The van der Waals surface area contributed by atoms with Crippen LogP contribution in [0.3, 0.4) is 0 Å². The molecule has 1 aromatic heterocycles. The molecule has 0 unspecified atom stereocenters. The van der Waals surface area contributed by atoms with Gasteiger partial charge in [0.15, 0.2) is 0 Å². The molecule has 132 valence electrons. The number of aromatic nitrogens is 1. The summed E-state index contributed by atoms with van der Waals surface area (Å²) >= 11 is 0. The first-order valence-corrected chi connectivity index (χ1v) is 8.13. The smallest absolute Gasteiger partial charge is 0.224 e. The summed E-state index contributed by atoms with van der Waals surface area (Å²) in [5.41, 5.74) is 1.73. The van der Waals surface area contributed by atoms with Gasteiger partial charge in [-0.2, -0.15) is 0 Å². The molecule has 2 rings (SSSR count). The number of hydrogen-bond donors (Lipinski definition) is 1. The molecule has 0 bridgehead atoms. The number of nitrogens with one attached hydrogen (secondary N) is 1. The lowest BCUT2D eigenvalue weighted by Gasteiger charge is -2.20. The Hall–Kier alpha value is -2.89. The Labute approximate surface area is 147 Å². The van der Waals surface area contributed by atoms with Crippen LogP contribution in [0.1, 0.15) is 18.2 Å². The van der Waals surface area contributed by atoms with Crippen molar-refractivity contribution >= 4 is 11.8 Å². The van der Waals surface area contributed by atoms with E-state index in [1.54, 1.807) is 18.2 Å². The van der Waals surface area contributed by atoms with Gasteiger partial charge < -0.3 is 15.0 Å². The highest BCUT2D eigenvalue weighted by Gasteiger charge is 2.11. The zero-order chi connectivity index (χ0) is 18.1. The van der Waals surface area contributed by atoms with Crippen molar-refractivity contribution in [1.82, 2.24) is 15.2 Å². The third kappa shape index (κ3) is 6.25. The van der Waals surface area contributed by atoms with E-state index in [2.05, 4.69) is 10.3 Å². The first-order chi connectivity index (χ1) is 12.1. The van der Waals surface area contributed by atoms with Crippen molar-refractivity contribution in [2.24, 2.45) is 0 Å². The summed E-state index contributed by atoms with van der Waals surface area (Å²) in [6.45, 7) is 2.80. The molecular formula is C19H23N3O3. The van der Waals surface area contributed by atoms with Gasteiger partial charge in [0.05, 0.1) is 25.8 Å². The van der Waals surface area contributed by atoms with Crippen molar-refractivity contribution in [2.75, 3.05) is 20.2 Å². The summed E-state index contributed by atoms with van der Waals surface area (Å²) in [4.78, 5) is 29.7. The van der Waals surface area contributed by atoms with Gasteiger partial charge in [-0.25, -0.2) is 0 Å². The second-order valence-corrected chi connectivity index (χ2v) is 5.64. The van der Waals surface area contributed by atoms with Crippen LogP contribution < -0.4 is 10.1 Å². The van der Waals surface area contributed by atoms with E-state index in [0.717, 1.165) is 17.0 Å². The molecule has 0 radical (unpaired) electrons. The largest absolute Gasteiger partial charge is 0.497 e. The molecule has 1 aromatic carbocycles. The fourth-order valence-electron chi connectivity index (χ4n) is 2.36. The van der Waals surface area contributed by atoms with Gasteiger partial charge in [0.25, 0.3) is 0 Å². The molecule has 2 amide bonds. The van der Waals surface area contributed by atoms with Gasteiger partial charge in [-0.1, -0.05) is 18.2 Å². The maximum absolute atomic E-state index is 12.0. The van der Waals surface area contributed by atoms with Crippen LogP contribution in [0.2, 0.25) is 0 Å². The topological polar surface area (TPSA) is 71.5 Å². The lowest BCUT2D eigenvalue weighted by molar-refractivity contribution is -0.130. The third-order valence-corrected chi connectivity index (χ3v) is 3.75. The molecule has 25 heavy (non-hydrogen) atoms. The van der Waals surface area contributed by atoms with E-state index in [4.69, 9.17) is 4.74 Å². The number of carbonyl (C=O) groups is 2. The Bertz CT molecular complexity index is 687. The lowest BCUT2D eigenvalue weighted by Crippen LogP contribution is -2.37. The molecule has 0 atom stereocenters. The molecule has 0 fully saturated rings. The number of benzene rings is 1. The average molecular weight is 341 g/mol. The van der Waals surface area contributed by atoms with Crippen molar-refractivity contribution in [1.29, 1.82) is 0 Å². The first-order valence-electron chi connectivity index (χ1n) is 8.13. The van der Waals surface area contributed by atoms with Gasteiger partial charge in [0.2, 0.25) is 11.8 Å². The maximum atomic E-state index is 12.0. The summed E-state index contributed by atoms with van der Waals surface area (Å²) in [5, 5.41) is 2.85. The molecule has 0 aliphatic heterocycles. The number of carbonyl (C=O) groups excluding carboxylic acids is 2. The summed E-state index contributed by atoms with van der Waals surface area (Å²) in [7, 11) is 1.60. The standard InChI is InChI=1S/C19H23N3O3/c1-15(23)22(14-17-5-3-4-10-20-17)12-11-21-19(24)13-16-6-8-18(25-2)9-7-16/h3-10H,11-14H2,1-2H3,(H,21,24). The normalized spacial score (nSPS) is 10.2. The molecule has 0 aliphatic rings. The van der Waals surface area contributed by atoms with E-state index in [0.29, 0.717) is 26.1 Å². The van der Waals surface area contributed by atoms with Crippen molar-refractivity contribution in [3.63, 3.8) is 0 Å². The summed E-state index contributed by atoms with van der Waals surface area (Å²) in [6.07, 6.45) is 1.99. The van der Waals surface area contributed by atoms with Crippen molar-refractivity contribution in [3.8, 4) is 5.75 Å². The van der Waals surface area contributed by atoms with Crippen LogP contribution in [-0.4, -0.2) is 41.9 Å². The van der Waals surface area contributed by atoms with Crippen LogP contribution >= 0.6 is 0 Å². The SMILES string of the molecule is COc1ccc(CC(=O)NCCN(Cc2ccccn2)C(C)=O)cc1. The molecule has 6 nitrogen and oxygen atoms in total. The second kappa shape index (κ2) is 9.42. The third-order valence-electron chi connectivity index (χ3n) is 3.75. The number of methoxy groups -OCH3 is 1. The number of amides is 2. The molecule has 6 heteroatoms. The van der Waals surface area contributed by atoms with Gasteiger partial charge in [0, 0.05) is 26.2 Å². The number of nitrogens with zero attached hydrogens (tertiary/aromatic N) is 2. The van der Waals surface area contributed by atoms with E-state index in [1.807, 2.05) is 42.5 Å². The van der Waals surface area contributed by atoms with E-state index in [9.17, 15) is 9.59 Å². The Morgan fingerprint density at radius 1 is 1.16 bits per heavy atom. The Kier molecular flexibility index (Phi) is 6.95. The van der Waals surface area contributed by atoms with E-state index >= 15 is 0 Å². The van der Waals surface area contributed by atoms with Crippen LogP contribution in [0.5, 0.6) is 5.75 Å². The number of ether oxygens (including phenoxy) is 1. The highest BCUT2D eigenvalue weighted by molar-refractivity contribution is 5.78. The Morgan fingerprint density at radius 2 is 1.92 bits per heavy atom. The maximum Gasteiger partial charge on any atom is 0.224 e. The highest BCUT2D eigenvalue weighted by atomic mass is 16.5. The predicted octanol–water partition coefficient (Wildman–Crippen LogP) is 1.80.